The highest BCUT2D eigenvalue weighted by Crippen LogP contribution is 2.45. The van der Waals surface area contributed by atoms with Gasteiger partial charge in [-0.25, -0.2) is 19.6 Å². The number of amides is 2. The van der Waals surface area contributed by atoms with Crippen molar-refractivity contribution in [3.63, 3.8) is 0 Å². The summed E-state index contributed by atoms with van der Waals surface area (Å²) in [5.74, 6) is -4.40. The fourth-order valence-electron chi connectivity index (χ4n) is 9.49. The Hall–Kier alpha value is -6.48. The number of halogens is 6. The highest BCUT2D eigenvalue weighted by Gasteiger charge is 2.49. The van der Waals surface area contributed by atoms with Crippen molar-refractivity contribution >= 4 is 57.8 Å². The van der Waals surface area contributed by atoms with Gasteiger partial charge >= 0.3 is 24.3 Å². The number of carbonyl (C=O) groups is 4. The van der Waals surface area contributed by atoms with E-state index in [0.717, 1.165) is 24.3 Å². The lowest BCUT2D eigenvalue weighted by Gasteiger charge is -2.47. The molecule has 20 heteroatoms. The van der Waals surface area contributed by atoms with Crippen molar-refractivity contribution in [3.05, 3.63) is 164 Å². The van der Waals surface area contributed by atoms with Gasteiger partial charge in [0.05, 0.1) is 11.1 Å². The number of hydrogen-bond acceptors (Lipinski definition) is 12. The fraction of sp³-hybridized carbons (Fsp3) is 0.346. The highest BCUT2D eigenvalue weighted by atomic mass is 32.1. The normalized spacial score (nSPS) is 16.2. The van der Waals surface area contributed by atoms with Gasteiger partial charge in [0, 0.05) is 72.8 Å². The minimum absolute atomic E-state index is 0.234. The summed E-state index contributed by atoms with van der Waals surface area (Å²) in [6, 6.07) is 27.7. The van der Waals surface area contributed by atoms with Crippen molar-refractivity contribution < 1.29 is 55.0 Å². The first-order chi connectivity index (χ1) is 34.3. The summed E-state index contributed by atoms with van der Waals surface area (Å²) in [4.78, 5) is 72.5. The molecule has 12 nitrogen and oxygen atoms in total. The molecule has 0 aliphatic carbocycles. The lowest BCUT2D eigenvalue weighted by molar-refractivity contribution is -0.169. The number of nitrogens with zero attached hydrogens (tertiary/aromatic N) is 6. The van der Waals surface area contributed by atoms with Crippen LogP contribution in [-0.2, 0) is 65.2 Å². The van der Waals surface area contributed by atoms with Crippen LogP contribution in [0.25, 0.3) is 0 Å². The number of anilines is 2. The van der Waals surface area contributed by atoms with Gasteiger partial charge in [-0.15, -0.1) is 22.7 Å². The van der Waals surface area contributed by atoms with E-state index in [-0.39, 0.29) is 13.1 Å². The fourth-order valence-corrected chi connectivity index (χ4v) is 11.6. The molecule has 4 aromatic carbocycles. The Bertz CT molecular complexity index is 2670. The first kappa shape index (κ1) is 51.9. The van der Waals surface area contributed by atoms with E-state index in [2.05, 4.69) is 0 Å². The molecule has 72 heavy (non-hydrogen) atoms. The molecular formula is C52H50F6N6O6S2. The third-order valence-electron chi connectivity index (χ3n) is 12.9. The zero-order valence-corrected chi connectivity index (χ0v) is 40.9. The molecule has 0 unspecified atom stereocenters. The van der Waals surface area contributed by atoms with E-state index < -0.39 is 71.5 Å². The molecule has 2 fully saturated rings. The molecule has 2 aliphatic rings. The van der Waals surface area contributed by atoms with Crippen LogP contribution in [0.2, 0.25) is 0 Å². The van der Waals surface area contributed by atoms with Crippen LogP contribution in [0.4, 0.5) is 37.7 Å². The van der Waals surface area contributed by atoms with Gasteiger partial charge < -0.3 is 9.47 Å². The van der Waals surface area contributed by atoms with Crippen molar-refractivity contribution in [1.82, 2.24) is 19.8 Å². The maximum absolute atomic E-state index is 14.5. The summed E-state index contributed by atoms with van der Waals surface area (Å²) in [6.07, 6.45) is -7.75. The lowest BCUT2D eigenvalue weighted by atomic mass is 9.85. The molecule has 2 amide bonds. The smallest absolute Gasteiger partial charge is 0.418 e. The minimum atomic E-state index is -4.50. The van der Waals surface area contributed by atoms with E-state index in [1.165, 1.54) is 44.6 Å². The Balaban J connectivity index is 0.967. The molecule has 0 radical (unpaired) electrons. The van der Waals surface area contributed by atoms with Gasteiger partial charge in [0.2, 0.25) is 0 Å². The number of aryl methyl sites for hydroxylation is 2. The number of aromatic nitrogens is 2. The molecule has 2 saturated heterocycles. The molecule has 8 rings (SSSR count). The standard InChI is InChI=1S/C52H50F6N6O6S2/c1-35-33-71-47(59-35)49(19-23-61(24-20-49)29-37-11-9-13-39(27-37)51(53,54)55)63(41-15-5-3-6-16-41)43(65)31-69-45(67)46(68)70-32-44(66)64(42-17-7-4-8-18-42)50(48-60-36(2)34-72-48)21-25-62(26-22-50)30-38-12-10-14-40(28-38)52(56,57)58/h3-18,27-28,33-34H,19-26,29-32H2,1-2H3. The van der Waals surface area contributed by atoms with E-state index in [0.29, 0.717) is 95.8 Å². The maximum atomic E-state index is 14.5. The van der Waals surface area contributed by atoms with Crippen LogP contribution < -0.4 is 9.80 Å². The van der Waals surface area contributed by atoms with E-state index >= 15 is 0 Å². The summed E-state index contributed by atoms with van der Waals surface area (Å²) < 4.78 is 91.9. The van der Waals surface area contributed by atoms with Crippen LogP contribution in [-0.4, -0.2) is 82.9 Å². The number of piperidine rings is 2. The summed E-state index contributed by atoms with van der Waals surface area (Å²) >= 11 is 2.70. The number of carbonyl (C=O) groups excluding carboxylic acids is 4. The molecule has 378 valence electrons. The molecular weight excluding hydrogens is 983 g/mol. The van der Waals surface area contributed by atoms with Gasteiger partial charge in [-0.1, -0.05) is 72.8 Å². The monoisotopic (exact) mass is 1030 g/mol. The summed E-state index contributed by atoms with van der Waals surface area (Å²) in [6.45, 7) is 3.79. The van der Waals surface area contributed by atoms with Crippen molar-refractivity contribution in [2.75, 3.05) is 49.2 Å². The summed E-state index contributed by atoms with van der Waals surface area (Å²) in [5, 5.41) is 4.91. The third-order valence-corrected chi connectivity index (χ3v) is 15.2. The average molecular weight is 1030 g/mol. The molecule has 2 aliphatic heterocycles. The molecule has 0 spiro atoms. The molecule has 0 atom stereocenters. The second kappa shape index (κ2) is 21.7. The van der Waals surface area contributed by atoms with Crippen molar-refractivity contribution in [2.24, 2.45) is 0 Å². The number of alkyl halides is 6. The number of esters is 2. The van der Waals surface area contributed by atoms with Crippen LogP contribution in [0.15, 0.2) is 120 Å². The molecule has 6 aromatic rings. The first-order valence-electron chi connectivity index (χ1n) is 23.1. The number of thiazole rings is 2. The Labute approximate surface area is 419 Å². The van der Waals surface area contributed by atoms with Crippen LogP contribution in [0, 0.1) is 13.8 Å². The van der Waals surface area contributed by atoms with Crippen molar-refractivity contribution in [3.8, 4) is 0 Å². The molecule has 0 bridgehead atoms. The number of likely N-dealkylation sites (tertiary alicyclic amines) is 2. The summed E-state index contributed by atoms with van der Waals surface area (Å²) in [7, 11) is 0. The molecule has 4 heterocycles. The van der Waals surface area contributed by atoms with E-state index in [1.54, 1.807) is 72.8 Å². The molecule has 0 saturated carbocycles. The number of benzene rings is 4. The Morgan fingerprint density at radius 3 is 1.24 bits per heavy atom. The largest absolute Gasteiger partial charge is 0.447 e. The maximum Gasteiger partial charge on any atom is 0.418 e. The topological polar surface area (TPSA) is 125 Å². The van der Waals surface area contributed by atoms with Gasteiger partial charge in [-0.3, -0.25) is 29.2 Å². The van der Waals surface area contributed by atoms with Crippen LogP contribution in [0.1, 0.15) is 69.3 Å². The zero-order chi connectivity index (χ0) is 51.3. The SMILES string of the molecule is Cc1csc(C2(N(C(=O)COC(=O)C(=O)OCC(=O)N(c3ccccc3)C3(c4nc(C)cs4)CCN(Cc4cccc(C(F)(F)F)c4)CC3)c3ccccc3)CCN(Cc3cccc(C(F)(F)F)c3)CC2)n1. The van der Waals surface area contributed by atoms with E-state index in [1.807, 2.05) is 34.4 Å². The van der Waals surface area contributed by atoms with E-state index in [4.69, 9.17) is 19.4 Å². The quantitative estimate of drug-likeness (QED) is 0.0592. The molecule has 0 N–H and O–H groups in total. The van der Waals surface area contributed by atoms with Crippen LogP contribution in [0.3, 0.4) is 0 Å². The van der Waals surface area contributed by atoms with Crippen molar-refractivity contribution in [2.45, 2.75) is 76.1 Å². The van der Waals surface area contributed by atoms with Gasteiger partial charge in [0.25, 0.3) is 11.8 Å². The Morgan fingerprint density at radius 1 is 0.556 bits per heavy atom. The summed E-state index contributed by atoms with van der Waals surface area (Å²) in [5.41, 5.74) is -0.351. The van der Waals surface area contributed by atoms with E-state index in [9.17, 15) is 45.5 Å². The average Bonchev–Trinajstić information content (AvgIpc) is 4.02. The Morgan fingerprint density at radius 2 is 0.917 bits per heavy atom. The predicted octanol–water partition coefficient (Wildman–Crippen LogP) is 10.1. The predicted molar refractivity (Wildman–Crippen MR) is 259 cm³/mol. The first-order valence-corrected chi connectivity index (χ1v) is 24.8. The minimum Gasteiger partial charge on any atom is -0.447 e. The van der Waals surface area contributed by atoms with Gasteiger partial charge in [-0.2, -0.15) is 26.3 Å². The van der Waals surface area contributed by atoms with Gasteiger partial charge in [0.1, 0.15) is 21.1 Å². The number of rotatable bonds is 14. The Kier molecular flexibility index (Phi) is 15.6. The number of hydrogen-bond donors (Lipinski definition) is 0. The number of ether oxygens (including phenoxy) is 2. The van der Waals surface area contributed by atoms with Crippen LogP contribution >= 0.6 is 22.7 Å². The second-order valence-electron chi connectivity index (χ2n) is 17.9. The molecule has 2 aromatic heterocycles. The number of para-hydroxylation sites is 2. The zero-order valence-electron chi connectivity index (χ0n) is 39.2. The van der Waals surface area contributed by atoms with Gasteiger partial charge in [-0.05, 0) is 87.1 Å². The van der Waals surface area contributed by atoms with Gasteiger partial charge in [0.15, 0.2) is 13.2 Å². The third kappa shape index (κ3) is 11.7. The van der Waals surface area contributed by atoms with Crippen molar-refractivity contribution in [1.29, 1.82) is 0 Å². The van der Waals surface area contributed by atoms with Crippen LogP contribution in [0.5, 0.6) is 0 Å². The highest BCUT2D eigenvalue weighted by molar-refractivity contribution is 7.10. The second-order valence-corrected chi connectivity index (χ2v) is 19.6. The lowest BCUT2D eigenvalue weighted by Crippen LogP contribution is -2.57.